The van der Waals surface area contributed by atoms with Gasteiger partial charge in [0.15, 0.2) is 0 Å². The van der Waals surface area contributed by atoms with Crippen LogP contribution in [-0.4, -0.2) is 32.3 Å². The number of nitrogens with one attached hydrogen (secondary N) is 2. The van der Waals surface area contributed by atoms with Crippen LogP contribution in [0.3, 0.4) is 0 Å². The summed E-state index contributed by atoms with van der Waals surface area (Å²) in [5.41, 5.74) is -0.0607. The molecule has 0 atom stereocenters. The molecule has 1 rings (SSSR count). The van der Waals surface area contributed by atoms with Gasteiger partial charge in [0.1, 0.15) is 0 Å². The van der Waals surface area contributed by atoms with Gasteiger partial charge in [-0.05, 0) is 12.8 Å². The lowest BCUT2D eigenvalue weighted by molar-refractivity contribution is 0.157. The number of carbonyl (C=O) groups is 1. The van der Waals surface area contributed by atoms with E-state index in [1.165, 1.54) is 0 Å². The first kappa shape index (κ1) is 8.33. The maximum Gasteiger partial charge on any atom is 0.315 e. The van der Waals surface area contributed by atoms with E-state index < -0.39 is 0 Å². The molecule has 1 aliphatic carbocycles. The maximum atomic E-state index is 10.9. The quantitative estimate of drug-likeness (QED) is 0.611. The van der Waals surface area contributed by atoms with Crippen LogP contribution in [0.15, 0.2) is 0 Å². The Morgan fingerprint density at radius 1 is 1.64 bits per heavy atom. The average Bonchev–Trinajstić information content (AvgIpc) is 2.70. The highest BCUT2D eigenvalue weighted by atomic mass is 16.5. The molecule has 1 fully saturated rings. The Morgan fingerprint density at radius 2 is 2.27 bits per heavy atom. The van der Waals surface area contributed by atoms with E-state index in [-0.39, 0.29) is 11.6 Å². The summed E-state index contributed by atoms with van der Waals surface area (Å²) in [5.74, 6) is 0. The minimum atomic E-state index is -0.125. The van der Waals surface area contributed by atoms with Crippen molar-refractivity contribution < 1.29 is 9.53 Å². The van der Waals surface area contributed by atoms with Crippen LogP contribution in [0.25, 0.3) is 0 Å². The van der Waals surface area contributed by atoms with Crippen molar-refractivity contribution in [2.75, 3.05) is 20.8 Å². The normalized spacial score (nSPS) is 19.1. The zero-order chi connectivity index (χ0) is 8.32. The molecule has 0 aromatic heterocycles. The topological polar surface area (TPSA) is 50.4 Å². The molecule has 1 saturated carbocycles. The van der Waals surface area contributed by atoms with Gasteiger partial charge < -0.3 is 15.4 Å². The number of ether oxygens (including phenoxy) is 1. The van der Waals surface area contributed by atoms with E-state index in [0.717, 1.165) is 12.8 Å². The molecule has 1 aliphatic rings. The number of urea groups is 1. The fourth-order valence-corrected chi connectivity index (χ4v) is 1.04. The molecule has 0 radical (unpaired) electrons. The second-order valence-electron chi connectivity index (χ2n) is 2.92. The zero-order valence-electron chi connectivity index (χ0n) is 6.94. The van der Waals surface area contributed by atoms with Gasteiger partial charge in [0.05, 0.1) is 12.1 Å². The van der Waals surface area contributed by atoms with Gasteiger partial charge in [-0.3, -0.25) is 0 Å². The van der Waals surface area contributed by atoms with E-state index in [4.69, 9.17) is 4.74 Å². The molecule has 11 heavy (non-hydrogen) atoms. The standard InChI is InChI=1S/C7H14N2O2/c1-8-6(10)9-7(3-4-7)5-11-2/h3-5H2,1-2H3,(H2,8,9,10). The molecule has 0 aromatic carbocycles. The van der Waals surface area contributed by atoms with E-state index in [2.05, 4.69) is 10.6 Å². The molecule has 64 valence electrons. The lowest BCUT2D eigenvalue weighted by atomic mass is 10.3. The second kappa shape index (κ2) is 3.09. The van der Waals surface area contributed by atoms with Gasteiger partial charge in [0, 0.05) is 14.2 Å². The molecule has 0 heterocycles. The third-order valence-corrected chi connectivity index (χ3v) is 1.88. The van der Waals surface area contributed by atoms with Gasteiger partial charge >= 0.3 is 6.03 Å². The number of rotatable bonds is 3. The Bertz CT molecular complexity index is 155. The molecule has 0 spiro atoms. The second-order valence-corrected chi connectivity index (χ2v) is 2.92. The van der Waals surface area contributed by atoms with E-state index in [1.54, 1.807) is 14.2 Å². The van der Waals surface area contributed by atoms with Crippen LogP contribution in [0.1, 0.15) is 12.8 Å². The molecule has 0 bridgehead atoms. The minimum absolute atomic E-state index is 0.0607. The number of hydrogen-bond donors (Lipinski definition) is 2. The van der Waals surface area contributed by atoms with Crippen molar-refractivity contribution in [3.63, 3.8) is 0 Å². The van der Waals surface area contributed by atoms with Gasteiger partial charge in [-0.25, -0.2) is 4.79 Å². The summed E-state index contributed by atoms with van der Waals surface area (Å²) in [5, 5.41) is 5.36. The molecule has 0 unspecified atom stereocenters. The summed E-state index contributed by atoms with van der Waals surface area (Å²) in [4.78, 5) is 10.9. The smallest absolute Gasteiger partial charge is 0.315 e. The van der Waals surface area contributed by atoms with Gasteiger partial charge in [-0.1, -0.05) is 0 Å². The van der Waals surface area contributed by atoms with Gasteiger partial charge in [-0.15, -0.1) is 0 Å². The summed E-state index contributed by atoms with van der Waals surface area (Å²) < 4.78 is 4.97. The molecular formula is C7H14N2O2. The molecule has 4 heteroatoms. The summed E-state index contributed by atoms with van der Waals surface area (Å²) in [6, 6.07) is -0.125. The Hall–Kier alpha value is -0.770. The first-order chi connectivity index (χ1) is 5.22. The Morgan fingerprint density at radius 3 is 2.64 bits per heavy atom. The average molecular weight is 158 g/mol. The first-order valence-corrected chi connectivity index (χ1v) is 3.71. The fraction of sp³-hybridized carbons (Fsp3) is 0.857. The Labute approximate surface area is 66.3 Å². The maximum absolute atomic E-state index is 10.9. The third-order valence-electron chi connectivity index (χ3n) is 1.88. The molecule has 4 nitrogen and oxygen atoms in total. The number of methoxy groups -OCH3 is 1. The summed E-state index contributed by atoms with van der Waals surface area (Å²) in [6.07, 6.45) is 2.04. The third kappa shape index (κ3) is 2.08. The summed E-state index contributed by atoms with van der Waals surface area (Å²) in [7, 11) is 3.25. The lowest BCUT2D eigenvalue weighted by Gasteiger charge is -2.15. The van der Waals surface area contributed by atoms with Crippen LogP contribution in [0.2, 0.25) is 0 Å². The molecule has 0 saturated heterocycles. The molecular weight excluding hydrogens is 144 g/mol. The van der Waals surface area contributed by atoms with E-state index in [0.29, 0.717) is 6.61 Å². The van der Waals surface area contributed by atoms with Gasteiger partial charge in [0.2, 0.25) is 0 Å². The van der Waals surface area contributed by atoms with Crippen molar-refractivity contribution in [1.29, 1.82) is 0 Å². The minimum Gasteiger partial charge on any atom is -0.382 e. The van der Waals surface area contributed by atoms with E-state index in [1.807, 2.05) is 0 Å². The van der Waals surface area contributed by atoms with Crippen LogP contribution in [-0.2, 0) is 4.74 Å². The Kier molecular flexibility index (Phi) is 2.34. The van der Waals surface area contributed by atoms with Crippen LogP contribution in [0, 0.1) is 0 Å². The van der Waals surface area contributed by atoms with Crippen molar-refractivity contribution >= 4 is 6.03 Å². The SMILES string of the molecule is CNC(=O)NC1(COC)CC1. The predicted octanol–water partition coefficient (Wildman–Crippen LogP) is 0.0944. The molecule has 0 aliphatic heterocycles. The van der Waals surface area contributed by atoms with E-state index in [9.17, 15) is 4.79 Å². The van der Waals surface area contributed by atoms with Gasteiger partial charge in [-0.2, -0.15) is 0 Å². The highest BCUT2D eigenvalue weighted by Crippen LogP contribution is 2.35. The van der Waals surface area contributed by atoms with Crippen molar-refractivity contribution in [1.82, 2.24) is 10.6 Å². The molecule has 2 amide bonds. The lowest BCUT2D eigenvalue weighted by Crippen LogP contribution is -2.44. The van der Waals surface area contributed by atoms with Crippen molar-refractivity contribution in [2.24, 2.45) is 0 Å². The number of carbonyl (C=O) groups excluding carboxylic acids is 1. The highest BCUT2D eigenvalue weighted by molar-refractivity contribution is 5.74. The predicted molar refractivity (Wildman–Crippen MR) is 41.4 cm³/mol. The van der Waals surface area contributed by atoms with Crippen LogP contribution in [0.4, 0.5) is 4.79 Å². The van der Waals surface area contributed by atoms with Crippen LogP contribution >= 0.6 is 0 Å². The van der Waals surface area contributed by atoms with E-state index >= 15 is 0 Å². The zero-order valence-corrected chi connectivity index (χ0v) is 6.94. The van der Waals surface area contributed by atoms with Crippen LogP contribution < -0.4 is 10.6 Å². The summed E-state index contributed by atoms with van der Waals surface area (Å²) >= 11 is 0. The highest BCUT2D eigenvalue weighted by Gasteiger charge is 2.43. The van der Waals surface area contributed by atoms with Crippen molar-refractivity contribution in [3.05, 3.63) is 0 Å². The Balaban J connectivity index is 2.29. The van der Waals surface area contributed by atoms with Crippen molar-refractivity contribution in [3.8, 4) is 0 Å². The number of amides is 2. The molecule has 2 N–H and O–H groups in total. The largest absolute Gasteiger partial charge is 0.382 e. The monoisotopic (exact) mass is 158 g/mol. The van der Waals surface area contributed by atoms with Gasteiger partial charge in [0.25, 0.3) is 0 Å². The van der Waals surface area contributed by atoms with Crippen molar-refractivity contribution in [2.45, 2.75) is 18.4 Å². The first-order valence-electron chi connectivity index (χ1n) is 3.71. The fourth-order valence-electron chi connectivity index (χ4n) is 1.04. The van der Waals surface area contributed by atoms with Crippen LogP contribution in [0.5, 0.6) is 0 Å². The summed E-state index contributed by atoms with van der Waals surface area (Å²) in [6.45, 7) is 0.612. The molecule has 0 aromatic rings. The number of hydrogen-bond acceptors (Lipinski definition) is 2.